The highest BCUT2D eigenvalue weighted by molar-refractivity contribution is 5.51. The number of anilines is 1. The third-order valence-electron chi connectivity index (χ3n) is 2.37. The van der Waals surface area contributed by atoms with Crippen molar-refractivity contribution >= 4 is 5.69 Å². The minimum absolute atomic E-state index is 0.0834. The van der Waals surface area contributed by atoms with Crippen LogP contribution in [-0.2, 0) is 0 Å². The van der Waals surface area contributed by atoms with E-state index in [4.69, 9.17) is 15.7 Å². The largest absolute Gasteiger partial charge is 0.439 e. The molecule has 0 bridgehead atoms. The molecule has 5 heteroatoms. The zero-order valence-electron chi connectivity index (χ0n) is 9.64. The van der Waals surface area contributed by atoms with Crippen molar-refractivity contribution < 1.29 is 9.13 Å². The van der Waals surface area contributed by atoms with Crippen molar-refractivity contribution in [1.82, 2.24) is 4.98 Å². The average Bonchev–Trinajstić information content (AvgIpc) is 2.36. The highest BCUT2D eigenvalue weighted by Gasteiger charge is 2.05. The molecule has 1 heterocycles. The number of hydrogen-bond donors (Lipinski definition) is 1. The standard InChI is InChI=1S/C13H10FN3O/c1-8-2-3-9(6-10(8)14)18-13-5-4-11(16)12(7-15)17-13/h2-6H,16H2,1H3. The Hall–Kier alpha value is -2.61. The summed E-state index contributed by atoms with van der Waals surface area (Å²) in [6.07, 6.45) is 0. The Bertz CT molecular complexity index is 635. The summed E-state index contributed by atoms with van der Waals surface area (Å²) < 4.78 is 18.7. The van der Waals surface area contributed by atoms with E-state index < -0.39 is 0 Å². The molecule has 2 N–H and O–H groups in total. The van der Waals surface area contributed by atoms with Gasteiger partial charge in [-0.25, -0.2) is 9.37 Å². The van der Waals surface area contributed by atoms with E-state index >= 15 is 0 Å². The van der Waals surface area contributed by atoms with Crippen molar-refractivity contribution in [3.63, 3.8) is 0 Å². The molecule has 0 unspecified atom stereocenters. The van der Waals surface area contributed by atoms with E-state index in [0.717, 1.165) is 0 Å². The molecular weight excluding hydrogens is 233 g/mol. The summed E-state index contributed by atoms with van der Waals surface area (Å²) in [4.78, 5) is 3.91. The smallest absolute Gasteiger partial charge is 0.220 e. The fourth-order valence-electron chi connectivity index (χ4n) is 1.36. The summed E-state index contributed by atoms with van der Waals surface area (Å²) in [5.74, 6) is 0.159. The van der Waals surface area contributed by atoms with Crippen molar-refractivity contribution in [2.24, 2.45) is 0 Å². The molecule has 0 aliphatic rings. The molecule has 4 nitrogen and oxygen atoms in total. The molecule has 0 spiro atoms. The number of aromatic nitrogens is 1. The molecule has 2 aromatic rings. The normalized spacial score (nSPS) is 9.83. The van der Waals surface area contributed by atoms with E-state index in [-0.39, 0.29) is 23.1 Å². The number of rotatable bonds is 2. The SMILES string of the molecule is Cc1ccc(Oc2ccc(N)c(C#N)n2)cc1F. The van der Waals surface area contributed by atoms with Gasteiger partial charge in [-0.2, -0.15) is 5.26 Å². The Balaban J connectivity index is 2.29. The van der Waals surface area contributed by atoms with Gasteiger partial charge >= 0.3 is 0 Å². The molecule has 2 rings (SSSR count). The lowest BCUT2D eigenvalue weighted by atomic mass is 10.2. The van der Waals surface area contributed by atoms with Crippen molar-refractivity contribution in [3.8, 4) is 17.7 Å². The maximum atomic E-state index is 13.3. The van der Waals surface area contributed by atoms with Gasteiger partial charge in [-0.1, -0.05) is 6.07 Å². The molecule has 1 aromatic carbocycles. The summed E-state index contributed by atoms with van der Waals surface area (Å²) >= 11 is 0. The summed E-state index contributed by atoms with van der Waals surface area (Å²) in [5, 5.41) is 8.78. The van der Waals surface area contributed by atoms with E-state index in [1.807, 2.05) is 6.07 Å². The van der Waals surface area contributed by atoms with Gasteiger partial charge in [0.05, 0.1) is 5.69 Å². The molecule has 0 atom stereocenters. The number of nitrogen functional groups attached to an aromatic ring is 1. The van der Waals surface area contributed by atoms with Crippen molar-refractivity contribution in [2.45, 2.75) is 6.92 Å². The molecule has 0 saturated carbocycles. The number of ether oxygens (including phenoxy) is 1. The van der Waals surface area contributed by atoms with Gasteiger partial charge in [0.1, 0.15) is 17.6 Å². The number of pyridine rings is 1. The van der Waals surface area contributed by atoms with E-state index in [0.29, 0.717) is 11.3 Å². The van der Waals surface area contributed by atoms with Crippen LogP contribution in [-0.4, -0.2) is 4.98 Å². The van der Waals surface area contributed by atoms with Crippen LogP contribution in [0.4, 0.5) is 10.1 Å². The molecule has 0 aliphatic heterocycles. The molecule has 0 aliphatic carbocycles. The maximum Gasteiger partial charge on any atom is 0.220 e. The Morgan fingerprint density at radius 2 is 2.11 bits per heavy atom. The number of nitriles is 1. The second-order valence-electron chi connectivity index (χ2n) is 3.71. The Morgan fingerprint density at radius 3 is 2.78 bits per heavy atom. The van der Waals surface area contributed by atoms with Crippen LogP contribution in [0.1, 0.15) is 11.3 Å². The predicted molar refractivity (Wildman–Crippen MR) is 64.6 cm³/mol. The summed E-state index contributed by atoms with van der Waals surface area (Å²) in [6, 6.07) is 9.39. The van der Waals surface area contributed by atoms with Crippen LogP contribution in [0.3, 0.4) is 0 Å². The molecule has 0 amide bonds. The number of nitrogens with two attached hydrogens (primary N) is 1. The molecule has 0 saturated heterocycles. The number of hydrogen-bond acceptors (Lipinski definition) is 4. The van der Waals surface area contributed by atoms with Gasteiger partial charge in [-0.15, -0.1) is 0 Å². The van der Waals surface area contributed by atoms with Crippen LogP contribution < -0.4 is 10.5 Å². The minimum Gasteiger partial charge on any atom is -0.439 e. The van der Waals surface area contributed by atoms with Crippen LogP contribution in [0.15, 0.2) is 30.3 Å². The van der Waals surface area contributed by atoms with E-state index in [1.54, 1.807) is 19.1 Å². The molecule has 1 aromatic heterocycles. The Kier molecular flexibility index (Phi) is 3.11. The van der Waals surface area contributed by atoms with Crippen LogP contribution in [0.25, 0.3) is 0 Å². The highest BCUT2D eigenvalue weighted by Crippen LogP contribution is 2.23. The number of benzene rings is 1. The second kappa shape index (κ2) is 4.72. The van der Waals surface area contributed by atoms with Crippen molar-refractivity contribution in [3.05, 3.63) is 47.4 Å². The van der Waals surface area contributed by atoms with Gasteiger partial charge < -0.3 is 10.5 Å². The first kappa shape index (κ1) is 11.9. The monoisotopic (exact) mass is 243 g/mol. The first-order valence-electron chi connectivity index (χ1n) is 5.21. The number of halogens is 1. The number of nitrogens with zero attached hydrogens (tertiary/aromatic N) is 2. The fraction of sp³-hybridized carbons (Fsp3) is 0.0769. The van der Waals surface area contributed by atoms with E-state index in [9.17, 15) is 4.39 Å². The molecular formula is C13H10FN3O. The maximum absolute atomic E-state index is 13.3. The molecule has 0 fully saturated rings. The minimum atomic E-state index is -0.358. The number of aryl methyl sites for hydroxylation is 1. The summed E-state index contributed by atoms with van der Waals surface area (Å²) in [7, 11) is 0. The molecule has 90 valence electrons. The highest BCUT2D eigenvalue weighted by atomic mass is 19.1. The topological polar surface area (TPSA) is 71.9 Å². The summed E-state index contributed by atoms with van der Waals surface area (Å²) in [5.41, 5.74) is 6.43. The van der Waals surface area contributed by atoms with Crippen LogP contribution >= 0.6 is 0 Å². The quantitative estimate of drug-likeness (QED) is 0.880. The zero-order chi connectivity index (χ0) is 13.1. The third-order valence-corrected chi connectivity index (χ3v) is 2.37. The zero-order valence-corrected chi connectivity index (χ0v) is 9.64. The third kappa shape index (κ3) is 2.38. The first-order valence-corrected chi connectivity index (χ1v) is 5.21. The van der Waals surface area contributed by atoms with E-state index in [2.05, 4.69) is 4.98 Å². The van der Waals surface area contributed by atoms with Gasteiger partial charge in [-0.05, 0) is 24.6 Å². The lowest BCUT2D eigenvalue weighted by molar-refractivity contribution is 0.457. The molecule has 18 heavy (non-hydrogen) atoms. The van der Waals surface area contributed by atoms with Crippen LogP contribution in [0.5, 0.6) is 11.6 Å². The predicted octanol–water partition coefficient (Wildman–Crippen LogP) is 2.78. The van der Waals surface area contributed by atoms with Gasteiger partial charge in [0.25, 0.3) is 0 Å². The lowest BCUT2D eigenvalue weighted by Gasteiger charge is -2.06. The first-order chi connectivity index (χ1) is 8.60. The van der Waals surface area contributed by atoms with Gasteiger partial charge in [-0.3, -0.25) is 0 Å². The van der Waals surface area contributed by atoms with Gasteiger partial charge in [0, 0.05) is 12.1 Å². The Morgan fingerprint density at radius 1 is 1.33 bits per heavy atom. The van der Waals surface area contributed by atoms with Crippen LogP contribution in [0, 0.1) is 24.1 Å². The Labute approximate surface area is 103 Å². The van der Waals surface area contributed by atoms with E-state index in [1.165, 1.54) is 18.2 Å². The van der Waals surface area contributed by atoms with Gasteiger partial charge in [0.15, 0.2) is 5.69 Å². The fourth-order valence-corrected chi connectivity index (χ4v) is 1.36. The lowest BCUT2D eigenvalue weighted by Crippen LogP contribution is -1.96. The van der Waals surface area contributed by atoms with Crippen molar-refractivity contribution in [2.75, 3.05) is 5.73 Å². The summed E-state index contributed by atoms with van der Waals surface area (Å²) in [6.45, 7) is 1.66. The van der Waals surface area contributed by atoms with Crippen molar-refractivity contribution in [1.29, 1.82) is 5.26 Å². The second-order valence-corrected chi connectivity index (χ2v) is 3.71. The molecule has 0 radical (unpaired) electrons. The van der Waals surface area contributed by atoms with Crippen LogP contribution in [0.2, 0.25) is 0 Å². The average molecular weight is 243 g/mol. The van der Waals surface area contributed by atoms with Gasteiger partial charge in [0.2, 0.25) is 5.88 Å².